The third kappa shape index (κ3) is 4.67. The lowest BCUT2D eigenvalue weighted by Crippen LogP contribution is -2.32. The Morgan fingerprint density at radius 1 is 1.31 bits per heavy atom. The number of aromatic hydroxyl groups is 1. The van der Waals surface area contributed by atoms with Crippen molar-refractivity contribution in [2.75, 3.05) is 33.7 Å². The van der Waals surface area contributed by atoms with Crippen LogP contribution >= 0.6 is 11.8 Å². The molecule has 3 N–H and O–H groups in total. The van der Waals surface area contributed by atoms with Crippen LogP contribution in [0.15, 0.2) is 33.0 Å². The van der Waals surface area contributed by atoms with Crippen molar-refractivity contribution in [1.29, 1.82) is 0 Å². The number of aromatic nitrogens is 5. The van der Waals surface area contributed by atoms with Crippen molar-refractivity contribution in [3.05, 3.63) is 55.8 Å². The van der Waals surface area contributed by atoms with Gasteiger partial charge in [0, 0.05) is 37.0 Å². The molecule has 184 valence electrons. The first-order valence-corrected chi connectivity index (χ1v) is 13.0. The number of H-pyrrole nitrogens is 2. The van der Waals surface area contributed by atoms with Crippen molar-refractivity contribution in [3.63, 3.8) is 0 Å². The fourth-order valence-corrected chi connectivity index (χ4v) is 6.03. The Morgan fingerprint density at radius 2 is 2.17 bits per heavy atom. The summed E-state index contributed by atoms with van der Waals surface area (Å²) in [5.74, 6) is -0.202. The van der Waals surface area contributed by atoms with Crippen LogP contribution in [0.5, 0.6) is 5.88 Å². The highest BCUT2D eigenvalue weighted by molar-refractivity contribution is 8.03. The van der Waals surface area contributed by atoms with E-state index >= 15 is 0 Å². The molecule has 0 amide bonds. The largest absolute Gasteiger partial charge is 0.493 e. The van der Waals surface area contributed by atoms with E-state index in [0.29, 0.717) is 28.6 Å². The van der Waals surface area contributed by atoms with Gasteiger partial charge in [0.05, 0.1) is 23.2 Å². The van der Waals surface area contributed by atoms with Gasteiger partial charge in [-0.2, -0.15) is 9.61 Å². The van der Waals surface area contributed by atoms with E-state index in [1.807, 2.05) is 11.8 Å². The van der Waals surface area contributed by atoms with E-state index in [-0.39, 0.29) is 11.1 Å². The van der Waals surface area contributed by atoms with Gasteiger partial charge in [0.1, 0.15) is 5.69 Å². The Morgan fingerprint density at radius 3 is 2.89 bits per heavy atom. The summed E-state index contributed by atoms with van der Waals surface area (Å²) in [5.41, 5.74) is 2.31. The Bertz CT molecular complexity index is 1460. The second-order valence-electron chi connectivity index (χ2n) is 9.87. The minimum atomic E-state index is -0.459. The maximum absolute atomic E-state index is 11.6. The van der Waals surface area contributed by atoms with Crippen LogP contribution < -0.4 is 16.4 Å². The van der Waals surface area contributed by atoms with E-state index in [1.54, 1.807) is 16.8 Å². The van der Waals surface area contributed by atoms with Gasteiger partial charge in [0.15, 0.2) is 11.1 Å². The van der Waals surface area contributed by atoms with Crippen molar-refractivity contribution >= 4 is 23.5 Å². The zero-order valence-electron chi connectivity index (χ0n) is 19.9. The lowest BCUT2D eigenvalue weighted by Gasteiger charge is -2.20. The Kier molecular flexibility index (Phi) is 5.78. The second kappa shape index (κ2) is 8.96. The maximum atomic E-state index is 11.6. The smallest absolute Gasteiger partial charge is 0.326 e. The molecule has 2 fully saturated rings. The van der Waals surface area contributed by atoms with Crippen LogP contribution in [0.3, 0.4) is 0 Å². The number of fused-ring (bicyclic) bond motifs is 1. The zero-order valence-corrected chi connectivity index (χ0v) is 20.8. The van der Waals surface area contributed by atoms with Crippen LogP contribution in [0.1, 0.15) is 42.3 Å². The van der Waals surface area contributed by atoms with Crippen LogP contribution in [-0.4, -0.2) is 85.3 Å². The molecule has 0 bridgehead atoms. The monoisotopic (exact) mass is 494 g/mol. The SMILES string of the molecule is CN(C)C1CCN(CC2=CCC(c3cc(=NC4CC4)n4ncc(=Cc5[nH]c(=O)[nH]c5O)c4n3)S2)C1. The van der Waals surface area contributed by atoms with Crippen LogP contribution in [0.2, 0.25) is 0 Å². The minimum absolute atomic E-state index is 0.202. The molecule has 10 nitrogen and oxygen atoms in total. The quantitative estimate of drug-likeness (QED) is 0.463. The molecule has 6 rings (SSSR count). The predicted molar refractivity (Wildman–Crippen MR) is 135 cm³/mol. The summed E-state index contributed by atoms with van der Waals surface area (Å²) in [6, 6.07) is 3.06. The molecule has 2 atom stereocenters. The molecule has 0 aromatic carbocycles. The summed E-state index contributed by atoms with van der Waals surface area (Å²) < 4.78 is 1.76. The molecular formula is C24H30N8O2S. The molecule has 3 aromatic rings. The predicted octanol–water partition coefficient (Wildman–Crippen LogP) is 0.760. The number of nitrogens with zero attached hydrogens (tertiary/aromatic N) is 6. The van der Waals surface area contributed by atoms with E-state index in [0.717, 1.165) is 50.1 Å². The second-order valence-corrected chi connectivity index (χ2v) is 11.2. The van der Waals surface area contributed by atoms with Crippen LogP contribution in [0.25, 0.3) is 11.7 Å². The molecule has 3 aliphatic rings. The highest BCUT2D eigenvalue weighted by Gasteiger charge is 2.28. The van der Waals surface area contributed by atoms with Gasteiger partial charge < -0.3 is 15.0 Å². The van der Waals surface area contributed by atoms with E-state index in [1.165, 1.54) is 11.3 Å². The van der Waals surface area contributed by atoms with Gasteiger partial charge in [-0.25, -0.2) is 9.78 Å². The first-order valence-electron chi connectivity index (χ1n) is 12.1. The topological polar surface area (TPSA) is 118 Å². The van der Waals surface area contributed by atoms with Crippen molar-refractivity contribution in [2.24, 2.45) is 4.99 Å². The van der Waals surface area contributed by atoms with Gasteiger partial charge in [0.25, 0.3) is 0 Å². The molecular weight excluding hydrogens is 464 g/mol. The van der Waals surface area contributed by atoms with E-state index < -0.39 is 5.69 Å². The minimum Gasteiger partial charge on any atom is -0.493 e. The number of imidazole rings is 1. The maximum Gasteiger partial charge on any atom is 0.326 e. The summed E-state index contributed by atoms with van der Waals surface area (Å²) in [6.07, 6.45) is 10.1. The molecule has 1 aliphatic carbocycles. The Balaban J connectivity index is 1.30. The standard InChI is InChI=1S/C24H30N8O2S/c1-30(2)16-7-8-31(12-16)13-17-5-6-20(35-17)18-10-21(26-15-3-4-15)32-22(27-18)14(11-25-32)9-19-23(33)29-24(34)28-19/h5,9-11,15-16,20,33H,3-4,6-8,12-13H2,1-2H3,(H2,28,29,34). The molecule has 1 saturated carbocycles. The molecule has 2 unspecified atom stereocenters. The number of hydrogen-bond donors (Lipinski definition) is 3. The highest BCUT2D eigenvalue weighted by atomic mass is 32.2. The number of likely N-dealkylation sites (tertiary alicyclic amines) is 1. The number of likely N-dealkylation sites (N-methyl/N-ethyl adjacent to an activating group) is 1. The van der Waals surface area contributed by atoms with Gasteiger partial charge in [-0.15, -0.1) is 11.8 Å². The highest BCUT2D eigenvalue weighted by Crippen LogP contribution is 2.43. The molecule has 0 radical (unpaired) electrons. The summed E-state index contributed by atoms with van der Waals surface area (Å²) in [5, 5.41) is 15.5. The van der Waals surface area contributed by atoms with Gasteiger partial charge in [-0.1, -0.05) is 6.08 Å². The summed E-state index contributed by atoms with van der Waals surface area (Å²) in [6.45, 7) is 3.26. The van der Waals surface area contributed by atoms with E-state index in [2.05, 4.69) is 51.1 Å². The molecule has 2 aliphatic heterocycles. The van der Waals surface area contributed by atoms with Gasteiger partial charge in [-0.3, -0.25) is 14.9 Å². The Hall–Kier alpha value is -2.89. The van der Waals surface area contributed by atoms with E-state index in [9.17, 15) is 9.90 Å². The van der Waals surface area contributed by atoms with Crippen molar-refractivity contribution in [3.8, 4) is 5.88 Å². The lowest BCUT2D eigenvalue weighted by atomic mass is 10.2. The normalized spacial score (nSPS) is 24.4. The molecule has 35 heavy (non-hydrogen) atoms. The summed E-state index contributed by atoms with van der Waals surface area (Å²) >= 11 is 1.90. The van der Waals surface area contributed by atoms with Crippen molar-refractivity contribution in [2.45, 2.75) is 43.0 Å². The van der Waals surface area contributed by atoms with E-state index in [4.69, 9.17) is 9.98 Å². The molecule has 1 saturated heterocycles. The van der Waals surface area contributed by atoms with Crippen LogP contribution in [0, 0.1) is 0 Å². The summed E-state index contributed by atoms with van der Waals surface area (Å²) in [4.78, 5) is 32.7. The molecule has 0 spiro atoms. The fourth-order valence-electron chi connectivity index (χ4n) is 4.78. The van der Waals surface area contributed by atoms with Gasteiger partial charge in [0.2, 0.25) is 5.88 Å². The average Bonchev–Trinajstić information content (AvgIpc) is 3.18. The number of aromatic amines is 2. The first-order chi connectivity index (χ1) is 16.9. The first kappa shape index (κ1) is 22.6. The van der Waals surface area contributed by atoms with Gasteiger partial charge >= 0.3 is 5.69 Å². The third-order valence-corrected chi connectivity index (χ3v) is 8.25. The Labute approximate surface area is 206 Å². The van der Waals surface area contributed by atoms with Crippen LogP contribution in [0.4, 0.5) is 0 Å². The summed E-state index contributed by atoms with van der Waals surface area (Å²) in [7, 11) is 4.33. The molecule has 3 aromatic heterocycles. The number of allylic oxidation sites excluding steroid dienone is 1. The zero-order chi connectivity index (χ0) is 24.1. The lowest BCUT2D eigenvalue weighted by molar-refractivity contribution is 0.279. The number of nitrogens with one attached hydrogen (secondary N) is 2. The third-order valence-electron chi connectivity index (χ3n) is 6.94. The number of hydrogen-bond acceptors (Lipinski definition) is 8. The van der Waals surface area contributed by atoms with Gasteiger partial charge in [-0.05, 0) is 50.8 Å². The van der Waals surface area contributed by atoms with Crippen molar-refractivity contribution < 1.29 is 5.11 Å². The number of rotatable bonds is 6. The number of thioether (sulfide) groups is 1. The fraction of sp³-hybridized carbons (Fsp3) is 0.500. The molecule has 11 heteroatoms. The van der Waals surface area contributed by atoms with Crippen LogP contribution in [-0.2, 0) is 0 Å². The molecule has 5 heterocycles. The average molecular weight is 495 g/mol. The van der Waals surface area contributed by atoms with Crippen molar-refractivity contribution in [1.82, 2.24) is 34.4 Å².